The molecule has 0 fully saturated rings. The van der Waals surface area contributed by atoms with E-state index in [0.717, 1.165) is 30.7 Å². The molecular formula is C15H25BrN2O. The number of nitrogens with zero attached hydrogens (tertiary/aromatic N) is 1. The van der Waals surface area contributed by atoms with E-state index in [1.807, 2.05) is 0 Å². The molecule has 3 nitrogen and oxygen atoms in total. The summed E-state index contributed by atoms with van der Waals surface area (Å²) >= 11 is 3.56. The molecule has 0 heterocycles. The van der Waals surface area contributed by atoms with Crippen LogP contribution in [0.25, 0.3) is 0 Å². The summed E-state index contributed by atoms with van der Waals surface area (Å²) in [4.78, 5) is 2.35. The monoisotopic (exact) mass is 328 g/mol. The number of halogens is 1. The number of hydrogen-bond donors (Lipinski definition) is 1. The third-order valence-corrected chi connectivity index (χ3v) is 3.53. The second kappa shape index (κ2) is 8.56. The van der Waals surface area contributed by atoms with Gasteiger partial charge >= 0.3 is 0 Å². The van der Waals surface area contributed by atoms with Crippen LogP contribution in [0.15, 0.2) is 22.7 Å². The third-order valence-electron chi connectivity index (χ3n) is 3.04. The Hall–Kier alpha value is -0.580. The number of hydrogen-bond acceptors (Lipinski definition) is 3. The predicted octanol–water partition coefficient (Wildman–Crippen LogP) is 3.42. The molecule has 0 aliphatic carbocycles. The molecule has 0 unspecified atom stereocenters. The lowest BCUT2D eigenvalue weighted by Crippen LogP contribution is -2.29. The molecule has 1 N–H and O–H groups in total. The summed E-state index contributed by atoms with van der Waals surface area (Å²) in [5, 5.41) is 3.48. The molecule has 108 valence electrons. The minimum atomic E-state index is 0.491. The van der Waals surface area contributed by atoms with Gasteiger partial charge in [-0.3, -0.25) is 0 Å². The lowest BCUT2D eigenvalue weighted by Gasteiger charge is -2.26. The second-order valence-corrected chi connectivity index (χ2v) is 5.80. The maximum absolute atomic E-state index is 5.19. The van der Waals surface area contributed by atoms with Crippen LogP contribution in [0.5, 0.6) is 0 Å². The van der Waals surface area contributed by atoms with Gasteiger partial charge in [-0.2, -0.15) is 0 Å². The molecule has 1 aromatic carbocycles. The second-order valence-electron chi connectivity index (χ2n) is 4.88. The Morgan fingerprint density at radius 3 is 2.68 bits per heavy atom. The van der Waals surface area contributed by atoms with Crippen LogP contribution in [-0.2, 0) is 11.3 Å². The summed E-state index contributed by atoms with van der Waals surface area (Å²) in [6.45, 7) is 10.0. The van der Waals surface area contributed by atoms with Gasteiger partial charge in [-0.25, -0.2) is 0 Å². The standard InChI is InChI=1S/C15H25BrN2O/c1-5-18(8-9-19-4)15-10-14(16)7-6-13(15)11-17-12(2)3/h6-7,10,12,17H,5,8-9,11H2,1-4H3. The average molecular weight is 329 g/mol. The van der Waals surface area contributed by atoms with Crippen LogP contribution in [0.4, 0.5) is 5.69 Å². The first-order chi connectivity index (χ1) is 9.08. The minimum Gasteiger partial charge on any atom is -0.383 e. The first-order valence-corrected chi connectivity index (χ1v) is 7.63. The van der Waals surface area contributed by atoms with Gasteiger partial charge in [0.05, 0.1) is 6.61 Å². The highest BCUT2D eigenvalue weighted by Gasteiger charge is 2.10. The fourth-order valence-electron chi connectivity index (χ4n) is 1.95. The highest BCUT2D eigenvalue weighted by atomic mass is 79.9. The Morgan fingerprint density at radius 2 is 2.11 bits per heavy atom. The third kappa shape index (κ3) is 5.51. The Morgan fingerprint density at radius 1 is 1.37 bits per heavy atom. The van der Waals surface area contributed by atoms with Gasteiger partial charge in [0.15, 0.2) is 0 Å². The van der Waals surface area contributed by atoms with Gasteiger partial charge in [-0.1, -0.05) is 35.8 Å². The number of benzene rings is 1. The quantitative estimate of drug-likeness (QED) is 0.791. The van der Waals surface area contributed by atoms with Crippen molar-refractivity contribution in [1.29, 1.82) is 0 Å². The molecular weight excluding hydrogens is 304 g/mol. The molecule has 19 heavy (non-hydrogen) atoms. The van der Waals surface area contributed by atoms with Crippen molar-refractivity contribution in [1.82, 2.24) is 5.32 Å². The van der Waals surface area contributed by atoms with Crippen LogP contribution in [0, 0.1) is 0 Å². The van der Waals surface area contributed by atoms with E-state index in [2.05, 4.69) is 65.1 Å². The van der Waals surface area contributed by atoms with Gasteiger partial charge in [0.2, 0.25) is 0 Å². The molecule has 0 aliphatic rings. The molecule has 1 rings (SSSR count). The number of likely N-dealkylation sites (N-methyl/N-ethyl adjacent to an activating group) is 1. The van der Waals surface area contributed by atoms with Crippen molar-refractivity contribution in [3.8, 4) is 0 Å². The molecule has 0 aliphatic heterocycles. The van der Waals surface area contributed by atoms with Gasteiger partial charge in [-0.05, 0) is 24.6 Å². The van der Waals surface area contributed by atoms with E-state index in [4.69, 9.17) is 4.74 Å². The van der Waals surface area contributed by atoms with Crippen LogP contribution in [0.2, 0.25) is 0 Å². The van der Waals surface area contributed by atoms with Crippen LogP contribution in [0.1, 0.15) is 26.3 Å². The molecule has 0 amide bonds. The number of methoxy groups -OCH3 is 1. The Bertz CT molecular complexity index is 382. The van der Waals surface area contributed by atoms with E-state index in [-0.39, 0.29) is 0 Å². The van der Waals surface area contributed by atoms with Gasteiger partial charge < -0.3 is 15.0 Å². The maximum Gasteiger partial charge on any atom is 0.0637 e. The molecule has 4 heteroatoms. The molecule has 0 aromatic heterocycles. The zero-order valence-corrected chi connectivity index (χ0v) is 14.0. The first-order valence-electron chi connectivity index (χ1n) is 6.84. The largest absolute Gasteiger partial charge is 0.383 e. The fraction of sp³-hybridized carbons (Fsp3) is 0.600. The highest BCUT2D eigenvalue weighted by molar-refractivity contribution is 9.10. The summed E-state index contributed by atoms with van der Waals surface area (Å²) in [6, 6.07) is 6.97. The number of anilines is 1. The maximum atomic E-state index is 5.19. The van der Waals surface area contributed by atoms with Crippen molar-refractivity contribution >= 4 is 21.6 Å². The predicted molar refractivity (Wildman–Crippen MR) is 85.9 cm³/mol. The Labute approximate surface area is 125 Å². The summed E-state index contributed by atoms with van der Waals surface area (Å²) in [7, 11) is 1.75. The van der Waals surface area contributed by atoms with E-state index in [9.17, 15) is 0 Å². The molecule has 0 saturated heterocycles. The van der Waals surface area contributed by atoms with Crippen molar-refractivity contribution in [2.75, 3.05) is 31.7 Å². The van der Waals surface area contributed by atoms with Crippen LogP contribution in [0.3, 0.4) is 0 Å². The number of rotatable bonds is 8. The Kier molecular flexibility index (Phi) is 7.42. The van der Waals surface area contributed by atoms with E-state index in [0.29, 0.717) is 6.04 Å². The molecule has 0 saturated carbocycles. The fourth-order valence-corrected chi connectivity index (χ4v) is 2.29. The molecule has 1 aromatic rings. The molecule has 0 spiro atoms. The van der Waals surface area contributed by atoms with Gasteiger partial charge in [-0.15, -0.1) is 0 Å². The van der Waals surface area contributed by atoms with Crippen LogP contribution < -0.4 is 10.2 Å². The van der Waals surface area contributed by atoms with E-state index >= 15 is 0 Å². The summed E-state index contributed by atoms with van der Waals surface area (Å²) in [5.74, 6) is 0. The SMILES string of the molecule is CCN(CCOC)c1cc(Br)ccc1CNC(C)C. The number of ether oxygens (including phenoxy) is 1. The van der Waals surface area contributed by atoms with Crippen molar-refractivity contribution in [2.24, 2.45) is 0 Å². The topological polar surface area (TPSA) is 24.5 Å². The smallest absolute Gasteiger partial charge is 0.0637 e. The lowest BCUT2D eigenvalue weighted by atomic mass is 10.1. The molecule has 0 atom stereocenters. The zero-order valence-electron chi connectivity index (χ0n) is 12.4. The van der Waals surface area contributed by atoms with Gasteiger partial charge in [0.25, 0.3) is 0 Å². The summed E-state index contributed by atoms with van der Waals surface area (Å²) in [6.07, 6.45) is 0. The normalized spacial score (nSPS) is 11.1. The van der Waals surface area contributed by atoms with Gasteiger partial charge in [0, 0.05) is 42.9 Å². The van der Waals surface area contributed by atoms with Crippen molar-refractivity contribution in [2.45, 2.75) is 33.4 Å². The van der Waals surface area contributed by atoms with E-state index < -0.39 is 0 Å². The summed E-state index contributed by atoms with van der Waals surface area (Å²) in [5.41, 5.74) is 2.61. The van der Waals surface area contributed by atoms with Crippen molar-refractivity contribution in [3.05, 3.63) is 28.2 Å². The van der Waals surface area contributed by atoms with Gasteiger partial charge in [0.1, 0.15) is 0 Å². The van der Waals surface area contributed by atoms with E-state index in [1.165, 1.54) is 11.3 Å². The van der Waals surface area contributed by atoms with Crippen LogP contribution >= 0.6 is 15.9 Å². The number of nitrogens with one attached hydrogen (secondary N) is 1. The zero-order chi connectivity index (χ0) is 14.3. The van der Waals surface area contributed by atoms with Crippen molar-refractivity contribution < 1.29 is 4.74 Å². The summed E-state index contributed by atoms with van der Waals surface area (Å²) < 4.78 is 6.31. The van der Waals surface area contributed by atoms with Crippen molar-refractivity contribution in [3.63, 3.8) is 0 Å². The highest BCUT2D eigenvalue weighted by Crippen LogP contribution is 2.25. The lowest BCUT2D eigenvalue weighted by molar-refractivity contribution is 0.205. The molecule has 0 radical (unpaired) electrons. The minimum absolute atomic E-state index is 0.491. The van der Waals surface area contributed by atoms with E-state index in [1.54, 1.807) is 7.11 Å². The first kappa shape index (κ1) is 16.5. The van der Waals surface area contributed by atoms with Crippen LogP contribution in [-0.4, -0.2) is 32.8 Å². The Balaban J connectivity index is 2.90. The molecule has 0 bridgehead atoms. The average Bonchev–Trinajstić information content (AvgIpc) is 2.38.